The van der Waals surface area contributed by atoms with Crippen LogP contribution >= 0.6 is 0 Å². The van der Waals surface area contributed by atoms with Crippen LogP contribution in [0.25, 0.3) is 0 Å². The first-order valence-corrected chi connectivity index (χ1v) is 7.08. The number of nitrogens with one attached hydrogen (secondary N) is 1. The van der Waals surface area contributed by atoms with E-state index in [1.54, 1.807) is 7.11 Å². The molecule has 1 aromatic carbocycles. The molecule has 1 unspecified atom stereocenters. The predicted octanol–water partition coefficient (Wildman–Crippen LogP) is 2.60. The number of aryl methyl sites for hydroxylation is 1. The Morgan fingerprint density at radius 2 is 2.11 bits per heavy atom. The molecule has 1 fully saturated rings. The molecule has 0 spiro atoms. The molecule has 2 rings (SSSR count). The van der Waals surface area contributed by atoms with Crippen LogP contribution in [0.1, 0.15) is 37.8 Å². The molecular weight excluding hydrogens is 238 g/mol. The lowest BCUT2D eigenvalue weighted by Gasteiger charge is -2.33. The Morgan fingerprint density at radius 3 is 2.58 bits per heavy atom. The van der Waals surface area contributed by atoms with Crippen LogP contribution in [0.15, 0.2) is 18.2 Å². The van der Waals surface area contributed by atoms with E-state index in [1.165, 1.54) is 12.8 Å². The molecule has 106 valence electrons. The third kappa shape index (κ3) is 3.10. The van der Waals surface area contributed by atoms with Crippen LogP contribution in [0.5, 0.6) is 5.75 Å². The van der Waals surface area contributed by atoms with Crippen molar-refractivity contribution in [2.75, 3.05) is 13.7 Å². The lowest BCUT2D eigenvalue weighted by molar-refractivity contribution is -0.00962. The second kappa shape index (κ2) is 5.51. The van der Waals surface area contributed by atoms with E-state index < -0.39 is 5.60 Å². The molecular formula is C16H25NO2. The number of hydrogen-bond acceptors (Lipinski definition) is 3. The molecule has 19 heavy (non-hydrogen) atoms. The van der Waals surface area contributed by atoms with E-state index in [4.69, 9.17) is 4.74 Å². The number of methoxy groups -OCH3 is 1. The first-order chi connectivity index (χ1) is 8.97. The highest BCUT2D eigenvalue weighted by Gasteiger charge is 2.35. The monoisotopic (exact) mass is 263 g/mol. The zero-order valence-corrected chi connectivity index (χ0v) is 12.4. The van der Waals surface area contributed by atoms with Gasteiger partial charge in [0.1, 0.15) is 11.4 Å². The van der Waals surface area contributed by atoms with Gasteiger partial charge in [0.2, 0.25) is 0 Å². The minimum Gasteiger partial charge on any atom is -0.496 e. The molecule has 0 saturated heterocycles. The summed E-state index contributed by atoms with van der Waals surface area (Å²) in [5.41, 5.74) is 1.21. The van der Waals surface area contributed by atoms with E-state index in [1.807, 2.05) is 25.1 Å². The van der Waals surface area contributed by atoms with E-state index in [0.29, 0.717) is 12.6 Å². The molecule has 0 heterocycles. The smallest absolute Gasteiger partial charge is 0.121 e. The quantitative estimate of drug-likeness (QED) is 0.829. The van der Waals surface area contributed by atoms with Gasteiger partial charge in [0.05, 0.1) is 7.11 Å². The lowest BCUT2D eigenvalue weighted by atomic mass is 9.82. The molecule has 2 N–H and O–H groups in total. The van der Waals surface area contributed by atoms with E-state index in [9.17, 15) is 5.11 Å². The van der Waals surface area contributed by atoms with Gasteiger partial charge in [-0.15, -0.1) is 0 Å². The van der Waals surface area contributed by atoms with Gasteiger partial charge in [-0.1, -0.05) is 19.9 Å². The van der Waals surface area contributed by atoms with Crippen molar-refractivity contribution in [1.29, 1.82) is 0 Å². The largest absolute Gasteiger partial charge is 0.496 e. The number of aliphatic hydroxyl groups is 1. The van der Waals surface area contributed by atoms with Gasteiger partial charge in [-0.2, -0.15) is 0 Å². The van der Waals surface area contributed by atoms with Crippen LogP contribution < -0.4 is 10.1 Å². The van der Waals surface area contributed by atoms with E-state index in [0.717, 1.165) is 16.9 Å². The standard InChI is InChI=1S/C16H25NO2/c1-11(2)16(18,10-17-14-6-7-14)13-5-8-15(19-4)12(3)9-13/h5,8-9,11,14,17-18H,6-7,10H2,1-4H3. The molecule has 1 aliphatic rings. The van der Waals surface area contributed by atoms with Gasteiger partial charge in [-0.05, 0) is 48.9 Å². The summed E-state index contributed by atoms with van der Waals surface area (Å²) >= 11 is 0. The maximum Gasteiger partial charge on any atom is 0.121 e. The summed E-state index contributed by atoms with van der Waals surface area (Å²) in [6, 6.07) is 6.55. The Bertz CT molecular complexity index is 440. The second-order valence-corrected chi connectivity index (χ2v) is 5.92. The average Bonchev–Trinajstić information content (AvgIpc) is 3.19. The van der Waals surface area contributed by atoms with Crippen LogP contribution in [0.3, 0.4) is 0 Å². The van der Waals surface area contributed by atoms with Crippen molar-refractivity contribution in [2.24, 2.45) is 5.92 Å². The fourth-order valence-electron chi connectivity index (χ4n) is 2.37. The minimum atomic E-state index is -0.820. The number of benzene rings is 1. The molecule has 3 nitrogen and oxygen atoms in total. The van der Waals surface area contributed by atoms with Crippen LogP contribution in [0, 0.1) is 12.8 Å². The van der Waals surface area contributed by atoms with Crippen molar-refractivity contribution < 1.29 is 9.84 Å². The number of rotatable bonds is 6. The molecule has 0 amide bonds. The third-order valence-corrected chi connectivity index (χ3v) is 4.09. The summed E-state index contributed by atoms with van der Waals surface area (Å²) < 4.78 is 5.28. The number of ether oxygens (including phenoxy) is 1. The van der Waals surface area contributed by atoms with Gasteiger partial charge in [-0.25, -0.2) is 0 Å². The Morgan fingerprint density at radius 1 is 1.42 bits per heavy atom. The molecule has 1 saturated carbocycles. The normalized spacial score (nSPS) is 18.4. The highest BCUT2D eigenvalue weighted by molar-refractivity contribution is 5.39. The first-order valence-electron chi connectivity index (χ1n) is 7.08. The van der Waals surface area contributed by atoms with Gasteiger partial charge in [0.15, 0.2) is 0 Å². The summed E-state index contributed by atoms with van der Waals surface area (Å²) in [4.78, 5) is 0. The van der Waals surface area contributed by atoms with E-state index >= 15 is 0 Å². The van der Waals surface area contributed by atoms with E-state index in [-0.39, 0.29) is 5.92 Å². The maximum absolute atomic E-state index is 11.0. The summed E-state index contributed by atoms with van der Waals surface area (Å²) in [5.74, 6) is 1.02. The van der Waals surface area contributed by atoms with Crippen molar-refractivity contribution in [3.05, 3.63) is 29.3 Å². The Kier molecular flexibility index (Phi) is 4.16. The maximum atomic E-state index is 11.0. The van der Waals surface area contributed by atoms with Crippen LogP contribution in [0.2, 0.25) is 0 Å². The minimum absolute atomic E-state index is 0.159. The molecule has 1 aliphatic carbocycles. The molecule has 3 heteroatoms. The molecule has 1 atom stereocenters. The van der Waals surface area contributed by atoms with Gasteiger partial charge in [0.25, 0.3) is 0 Å². The SMILES string of the molecule is COc1ccc(C(O)(CNC2CC2)C(C)C)cc1C. The highest BCUT2D eigenvalue weighted by atomic mass is 16.5. The predicted molar refractivity (Wildman–Crippen MR) is 77.5 cm³/mol. The van der Waals surface area contributed by atoms with Crippen LogP contribution in [0.4, 0.5) is 0 Å². The van der Waals surface area contributed by atoms with Gasteiger partial charge < -0.3 is 15.2 Å². The van der Waals surface area contributed by atoms with Gasteiger partial charge in [-0.3, -0.25) is 0 Å². The van der Waals surface area contributed by atoms with E-state index in [2.05, 4.69) is 19.2 Å². The zero-order valence-electron chi connectivity index (χ0n) is 12.4. The average molecular weight is 263 g/mol. The molecule has 0 aliphatic heterocycles. The van der Waals surface area contributed by atoms with Crippen LogP contribution in [-0.4, -0.2) is 24.8 Å². The fourth-order valence-corrected chi connectivity index (χ4v) is 2.37. The van der Waals surface area contributed by atoms with Crippen molar-refractivity contribution in [2.45, 2.75) is 45.3 Å². The Labute approximate surface area is 116 Å². The molecule has 0 aromatic heterocycles. The van der Waals surface area contributed by atoms with Gasteiger partial charge >= 0.3 is 0 Å². The van der Waals surface area contributed by atoms with Crippen LogP contribution in [-0.2, 0) is 5.60 Å². The summed E-state index contributed by atoms with van der Waals surface area (Å²) in [6.07, 6.45) is 2.46. The molecule has 1 aromatic rings. The zero-order chi connectivity index (χ0) is 14.0. The first kappa shape index (κ1) is 14.4. The molecule has 0 bridgehead atoms. The Balaban J connectivity index is 2.23. The summed E-state index contributed by atoms with van der Waals surface area (Å²) in [6.45, 7) is 6.75. The third-order valence-electron chi connectivity index (χ3n) is 4.09. The van der Waals surface area contributed by atoms with Crippen molar-refractivity contribution in [3.63, 3.8) is 0 Å². The molecule has 0 radical (unpaired) electrons. The highest BCUT2D eigenvalue weighted by Crippen LogP contribution is 2.33. The lowest BCUT2D eigenvalue weighted by Crippen LogP contribution is -2.43. The fraction of sp³-hybridized carbons (Fsp3) is 0.625. The Hall–Kier alpha value is -1.06. The summed E-state index contributed by atoms with van der Waals surface area (Å²) in [5, 5.41) is 14.5. The number of hydrogen-bond donors (Lipinski definition) is 2. The van der Waals surface area contributed by atoms with Crippen molar-refractivity contribution in [3.8, 4) is 5.75 Å². The topological polar surface area (TPSA) is 41.5 Å². The summed E-state index contributed by atoms with van der Waals surface area (Å²) in [7, 11) is 1.67. The van der Waals surface area contributed by atoms with Crippen molar-refractivity contribution >= 4 is 0 Å². The second-order valence-electron chi connectivity index (χ2n) is 5.92. The van der Waals surface area contributed by atoms with Crippen molar-refractivity contribution in [1.82, 2.24) is 5.32 Å². The van der Waals surface area contributed by atoms with Gasteiger partial charge in [0, 0.05) is 12.6 Å².